The zero-order valence-electron chi connectivity index (χ0n) is 17.2. The number of ether oxygens (including phenoxy) is 1. The minimum Gasteiger partial charge on any atom is -0.457 e. The van der Waals surface area contributed by atoms with E-state index in [2.05, 4.69) is 12.2 Å². The number of carbonyl (C=O) groups is 4. The minimum absolute atomic E-state index is 0.0237. The second-order valence-electron chi connectivity index (χ2n) is 9.13. The molecule has 30 heavy (non-hydrogen) atoms. The number of nitrogens with zero attached hydrogens (tertiary/aromatic N) is 1. The monoisotopic (exact) mass is 407 g/mol. The maximum atomic E-state index is 12.9. The van der Waals surface area contributed by atoms with Gasteiger partial charge in [0.05, 0.1) is 18.3 Å². The molecular formula is C24H25NO5. The molecule has 0 aromatic heterocycles. The molecule has 0 spiro atoms. The van der Waals surface area contributed by atoms with Crippen molar-refractivity contribution in [3.05, 3.63) is 47.0 Å². The van der Waals surface area contributed by atoms with E-state index in [1.54, 1.807) is 6.07 Å². The molecule has 2 amide bonds. The summed E-state index contributed by atoms with van der Waals surface area (Å²) in [6.45, 7) is 3.42. The van der Waals surface area contributed by atoms with Gasteiger partial charge in [-0.05, 0) is 55.6 Å². The van der Waals surface area contributed by atoms with Gasteiger partial charge in [-0.1, -0.05) is 29.8 Å². The minimum atomic E-state index is -0.576. The Balaban J connectivity index is 1.17. The molecule has 0 N–H and O–H groups in total. The van der Waals surface area contributed by atoms with Crippen molar-refractivity contribution in [1.82, 2.24) is 4.90 Å². The number of rotatable bonds is 6. The maximum Gasteiger partial charge on any atom is 0.308 e. The van der Waals surface area contributed by atoms with Gasteiger partial charge in [-0.2, -0.15) is 0 Å². The van der Waals surface area contributed by atoms with Crippen molar-refractivity contribution in [3.63, 3.8) is 0 Å². The summed E-state index contributed by atoms with van der Waals surface area (Å²) in [6.07, 6.45) is 5.28. The van der Waals surface area contributed by atoms with Crippen LogP contribution in [0, 0.1) is 49.4 Å². The molecule has 0 radical (unpaired) electrons. The van der Waals surface area contributed by atoms with Crippen LogP contribution in [0.1, 0.15) is 34.3 Å². The Kier molecular flexibility index (Phi) is 4.42. The van der Waals surface area contributed by atoms with Gasteiger partial charge in [-0.15, -0.1) is 0 Å². The summed E-state index contributed by atoms with van der Waals surface area (Å²) in [5.74, 6) is -0.168. The van der Waals surface area contributed by atoms with Crippen LogP contribution >= 0.6 is 0 Å². The first-order chi connectivity index (χ1) is 14.4. The quantitative estimate of drug-likeness (QED) is 0.313. The number of hydrogen-bond acceptors (Lipinski definition) is 5. The summed E-state index contributed by atoms with van der Waals surface area (Å²) in [5.41, 5.74) is 2.33. The van der Waals surface area contributed by atoms with Crippen molar-refractivity contribution >= 4 is 23.6 Å². The molecular weight excluding hydrogens is 382 g/mol. The molecule has 4 aliphatic carbocycles. The summed E-state index contributed by atoms with van der Waals surface area (Å²) in [6, 6.07) is 5.56. The van der Waals surface area contributed by atoms with Gasteiger partial charge in [-0.3, -0.25) is 24.1 Å². The Morgan fingerprint density at radius 1 is 1.03 bits per heavy atom. The summed E-state index contributed by atoms with van der Waals surface area (Å²) >= 11 is 0. The van der Waals surface area contributed by atoms with Gasteiger partial charge in [0, 0.05) is 12.1 Å². The van der Waals surface area contributed by atoms with Crippen LogP contribution in [0.25, 0.3) is 0 Å². The number of allylic oxidation sites excluding steroid dienone is 2. The van der Waals surface area contributed by atoms with Crippen LogP contribution in [0.2, 0.25) is 0 Å². The zero-order chi connectivity index (χ0) is 21.2. The van der Waals surface area contributed by atoms with Crippen molar-refractivity contribution in [2.45, 2.75) is 26.7 Å². The van der Waals surface area contributed by atoms with Gasteiger partial charge in [0.1, 0.15) is 0 Å². The zero-order valence-corrected chi connectivity index (χ0v) is 17.2. The van der Waals surface area contributed by atoms with E-state index in [1.807, 2.05) is 26.0 Å². The fourth-order valence-corrected chi connectivity index (χ4v) is 5.77. The highest BCUT2D eigenvalue weighted by Gasteiger charge is 2.66. The number of Topliss-reactive ketones (excluding diaryl/α,β-unsaturated/α-hetero) is 1. The summed E-state index contributed by atoms with van der Waals surface area (Å²) in [5, 5.41) is 0. The Bertz CT molecular complexity index is 959. The molecule has 6 heteroatoms. The first-order valence-corrected chi connectivity index (χ1v) is 10.7. The van der Waals surface area contributed by atoms with Crippen molar-refractivity contribution in [2.75, 3.05) is 13.2 Å². The van der Waals surface area contributed by atoms with E-state index >= 15 is 0 Å². The first kappa shape index (κ1) is 19.2. The lowest BCUT2D eigenvalue weighted by atomic mass is 9.63. The van der Waals surface area contributed by atoms with Crippen LogP contribution in [0.5, 0.6) is 0 Å². The second kappa shape index (κ2) is 6.89. The average molecular weight is 407 g/mol. The van der Waals surface area contributed by atoms with Gasteiger partial charge >= 0.3 is 5.97 Å². The average Bonchev–Trinajstić information content (AvgIpc) is 3.51. The normalized spacial score (nSPS) is 32.8. The third-order valence-electron chi connectivity index (χ3n) is 7.35. The molecule has 1 heterocycles. The number of aryl methyl sites for hydroxylation is 2. The number of likely N-dealkylation sites (tertiary alicyclic amines) is 1. The Labute approximate surface area is 175 Å². The standard InChI is InChI=1S/C24H25NO5/c1-12-3-4-13(2)16(9-12)19(26)11-30-20(27)7-8-25-23(28)21-14-5-6-15(18-10-17(14)18)22(21)24(25)29/h3-6,9,14-15,17-18,21-22H,7-8,10-11H2,1-2H3/t14-,15+,17+,18-,21-,22+. The van der Waals surface area contributed by atoms with Crippen LogP contribution < -0.4 is 0 Å². The van der Waals surface area contributed by atoms with Crippen LogP contribution in [0.3, 0.4) is 0 Å². The third kappa shape index (κ3) is 2.92. The Morgan fingerprint density at radius 3 is 2.30 bits per heavy atom. The molecule has 1 aliphatic heterocycles. The molecule has 6 atom stereocenters. The predicted molar refractivity (Wildman–Crippen MR) is 107 cm³/mol. The molecule has 5 aliphatic rings. The number of amides is 2. The van der Waals surface area contributed by atoms with Crippen molar-refractivity contribution in [2.24, 2.45) is 35.5 Å². The summed E-state index contributed by atoms with van der Waals surface area (Å²) in [7, 11) is 0. The molecule has 3 fully saturated rings. The predicted octanol–water partition coefficient (Wildman–Crippen LogP) is 2.47. The number of carbonyl (C=O) groups excluding carboxylic acids is 4. The van der Waals surface area contributed by atoms with E-state index < -0.39 is 5.97 Å². The lowest BCUT2D eigenvalue weighted by molar-refractivity contribution is -0.145. The van der Waals surface area contributed by atoms with Crippen LogP contribution in [-0.4, -0.2) is 41.6 Å². The molecule has 2 bridgehead atoms. The van der Waals surface area contributed by atoms with E-state index in [9.17, 15) is 19.2 Å². The number of benzene rings is 1. The van der Waals surface area contributed by atoms with E-state index in [-0.39, 0.29) is 60.8 Å². The molecule has 0 unspecified atom stereocenters. The number of imide groups is 1. The molecule has 6 nitrogen and oxygen atoms in total. The fourth-order valence-electron chi connectivity index (χ4n) is 5.77. The van der Waals surface area contributed by atoms with Gasteiger partial charge in [0.2, 0.25) is 17.6 Å². The van der Waals surface area contributed by atoms with Gasteiger partial charge in [0.25, 0.3) is 0 Å². The van der Waals surface area contributed by atoms with Crippen molar-refractivity contribution in [3.8, 4) is 0 Å². The van der Waals surface area contributed by atoms with E-state index in [0.29, 0.717) is 17.4 Å². The van der Waals surface area contributed by atoms with Gasteiger partial charge < -0.3 is 4.74 Å². The number of hydrogen-bond donors (Lipinski definition) is 0. The summed E-state index contributed by atoms with van der Waals surface area (Å²) < 4.78 is 5.13. The highest BCUT2D eigenvalue weighted by molar-refractivity contribution is 6.06. The lowest BCUT2D eigenvalue weighted by Crippen LogP contribution is -2.40. The third-order valence-corrected chi connectivity index (χ3v) is 7.35. The van der Waals surface area contributed by atoms with Crippen LogP contribution in [0.4, 0.5) is 0 Å². The highest BCUT2D eigenvalue weighted by Crippen LogP contribution is 2.65. The number of esters is 1. The van der Waals surface area contributed by atoms with E-state index in [0.717, 1.165) is 17.5 Å². The van der Waals surface area contributed by atoms with Crippen LogP contribution in [0.15, 0.2) is 30.4 Å². The maximum absolute atomic E-state index is 12.9. The summed E-state index contributed by atoms with van der Waals surface area (Å²) in [4.78, 5) is 51.6. The molecule has 6 rings (SSSR count). The topological polar surface area (TPSA) is 80.8 Å². The SMILES string of the molecule is Cc1ccc(C)c(C(=O)COC(=O)CCN2C(=O)[C@@H]3[C@@H]4C=C[C@@H]([C@H]5C[C@@H]45)[C@@H]3C2=O)c1. The largest absolute Gasteiger partial charge is 0.457 e. The van der Waals surface area contributed by atoms with Crippen molar-refractivity contribution in [1.29, 1.82) is 0 Å². The van der Waals surface area contributed by atoms with Gasteiger partial charge in [-0.25, -0.2) is 0 Å². The molecule has 156 valence electrons. The first-order valence-electron chi connectivity index (χ1n) is 10.7. The Morgan fingerprint density at radius 2 is 1.67 bits per heavy atom. The molecule has 2 saturated carbocycles. The highest BCUT2D eigenvalue weighted by atomic mass is 16.5. The van der Waals surface area contributed by atoms with E-state index in [4.69, 9.17) is 4.74 Å². The molecule has 1 aromatic rings. The Hall–Kier alpha value is -2.76. The molecule has 1 aromatic carbocycles. The molecule has 1 saturated heterocycles. The second-order valence-corrected chi connectivity index (χ2v) is 9.13. The fraction of sp³-hybridized carbons (Fsp3) is 0.500. The van der Waals surface area contributed by atoms with Gasteiger partial charge in [0.15, 0.2) is 6.61 Å². The number of ketones is 1. The van der Waals surface area contributed by atoms with E-state index in [1.165, 1.54) is 4.90 Å². The van der Waals surface area contributed by atoms with Crippen LogP contribution in [-0.2, 0) is 19.1 Å². The lowest BCUT2D eigenvalue weighted by Gasteiger charge is -2.37. The smallest absolute Gasteiger partial charge is 0.308 e. The van der Waals surface area contributed by atoms with Crippen molar-refractivity contribution < 1.29 is 23.9 Å².